The average Bonchev–Trinajstić information content (AvgIpc) is 2.83. The Hall–Kier alpha value is -3.32. The van der Waals surface area contributed by atoms with Crippen molar-refractivity contribution in [2.24, 2.45) is 0 Å². The molecule has 0 saturated carbocycles. The van der Waals surface area contributed by atoms with E-state index in [1.807, 2.05) is 31.2 Å². The molecule has 166 valence electrons. The zero-order valence-corrected chi connectivity index (χ0v) is 18.9. The minimum Gasteiger partial charge on any atom is -0.476 e. The summed E-state index contributed by atoms with van der Waals surface area (Å²) in [5.41, 5.74) is 2.62. The fourth-order valence-corrected chi connectivity index (χ4v) is 5.21. The van der Waals surface area contributed by atoms with Crippen molar-refractivity contribution in [3.63, 3.8) is 0 Å². The van der Waals surface area contributed by atoms with Crippen LogP contribution >= 0.6 is 0 Å². The first-order valence-electron chi connectivity index (χ1n) is 10.6. The molecule has 1 aliphatic rings. The molecule has 0 saturated heterocycles. The Balaban J connectivity index is 1.58. The summed E-state index contributed by atoms with van der Waals surface area (Å²) in [6.07, 6.45) is -0.0250. The number of amides is 1. The van der Waals surface area contributed by atoms with E-state index in [0.29, 0.717) is 11.4 Å². The van der Waals surface area contributed by atoms with Crippen molar-refractivity contribution in [3.8, 4) is 5.75 Å². The van der Waals surface area contributed by atoms with E-state index in [1.165, 1.54) is 9.87 Å². The molecule has 1 amide bonds. The molecule has 0 bridgehead atoms. The SMILES string of the molecule is CCc1ccc([C@@H](C)NC(=O)[C@@H]2CN(S(=O)(=O)c3ccccc3)c3ccccc3O2)cc1. The highest BCUT2D eigenvalue weighted by atomic mass is 32.2. The summed E-state index contributed by atoms with van der Waals surface area (Å²) in [6, 6.07) is 22.9. The number of carbonyl (C=O) groups is 1. The zero-order valence-electron chi connectivity index (χ0n) is 18.1. The van der Waals surface area contributed by atoms with Gasteiger partial charge in [-0.3, -0.25) is 9.10 Å². The Labute approximate surface area is 188 Å². The van der Waals surface area contributed by atoms with Gasteiger partial charge in [-0.25, -0.2) is 8.42 Å². The molecule has 0 radical (unpaired) electrons. The number of anilines is 1. The van der Waals surface area contributed by atoms with Crippen LogP contribution in [-0.4, -0.2) is 27.0 Å². The number of para-hydroxylation sites is 2. The number of ether oxygens (including phenoxy) is 1. The number of sulfonamides is 1. The third kappa shape index (κ3) is 4.34. The molecule has 3 aromatic carbocycles. The van der Waals surface area contributed by atoms with E-state index in [-0.39, 0.29) is 23.4 Å². The number of benzene rings is 3. The maximum atomic E-state index is 13.4. The van der Waals surface area contributed by atoms with Crippen LogP contribution < -0.4 is 14.4 Å². The normalized spacial score (nSPS) is 16.6. The van der Waals surface area contributed by atoms with Gasteiger partial charge in [0.2, 0.25) is 0 Å². The molecular formula is C25H26N2O4S. The smallest absolute Gasteiger partial charge is 0.264 e. The van der Waals surface area contributed by atoms with Gasteiger partial charge in [0.05, 0.1) is 23.2 Å². The fraction of sp³-hybridized carbons (Fsp3) is 0.240. The van der Waals surface area contributed by atoms with Crippen molar-refractivity contribution in [2.45, 2.75) is 37.3 Å². The van der Waals surface area contributed by atoms with Gasteiger partial charge in [-0.15, -0.1) is 0 Å². The van der Waals surface area contributed by atoms with Crippen LogP contribution in [0.3, 0.4) is 0 Å². The Morgan fingerprint density at radius 3 is 2.38 bits per heavy atom. The Bertz CT molecular complexity index is 1190. The lowest BCUT2D eigenvalue weighted by Gasteiger charge is -2.35. The van der Waals surface area contributed by atoms with Crippen LogP contribution in [0.15, 0.2) is 83.8 Å². The minimum atomic E-state index is -3.86. The standard InChI is InChI=1S/C25H26N2O4S/c1-3-19-13-15-20(16-14-19)18(2)26-25(28)24-17-27(22-11-7-8-12-23(22)31-24)32(29,30)21-9-5-4-6-10-21/h4-16,18,24H,3,17H2,1-2H3,(H,26,28)/t18-,24+/m1/s1. The van der Waals surface area contributed by atoms with Gasteiger partial charge < -0.3 is 10.1 Å². The second-order valence-corrected chi connectivity index (χ2v) is 9.61. The molecule has 32 heavy (non-hydrogen) atoms. The molecule has 6 nitrogen and oxygen atoms in total. The van der Waals surface area contributed by atoms with E-state index in [9.17, 15) is 13.2 Å². The molecule has 1 N–H and O–H groups in total. The third-order valence-corrected chi connectivity index (χ3v) is 7.40. The molecule has 7 heteroatoms. The van der Waals surface area contributed by atoms with E-state index in [0.717, 1.165) is 12.0 Å². The fourth-order valence-electron chi connectivity index (χ4n) is 3.72. The number of nitrogens with zero attached hydrogens (tertiary/aromatic N) is 1. The van der Waals surface area contributed by atoms with Crippen molar-refractivity contribution in [1.82, 2.24) is 5.32 Å². The second kappa shape index (κ2) is 9.04. The molecule has 0 unspecified atom stereocenters. The van der Waals surface area contributed by atoms with Crippen molar-refractivity contribution >= 4 is 21.6 Å². The average molecular weight is 451 g/mol. The first-order chi connectivity index (χ1) is 15.4. The highest BCUT2D eigenvalue weighted by Gasteiger charge is 2.37. The molecule has 4 rings (SSSR count). The predicted octanol–water partition coefficient (Wildman–Crippen LogP) is 4.08. The van der Waals surface area contributed by atoms with Gasteiger partial charge in [0.25, 0.3) is 15.9 Å². The Morgan fingerprint density at radius 2 is 1.69 bits per heavy atom. The van der Waals surface area contributed by atoms with Crippen molar-refractivity contribution in [3.05, 3.63) is 90.0 Å². The highest BCUT2D eigenvalue weighted by molar-refractivity contribution is 7.92. The molecule has 1 heterocycles. The van der Waals surface area contributed by atoms with Crippen LogP contribution in [0, 0.1) is 0 Å². The molecular weight excluding hydrogens is 424 g/mol. The van der Waals surface area contributed by atoms with Crippen LogP contribution in [-0.2, 0) is 21.2 Å². The minimum absolute atomic E-state index is 0.110. The maximum Gasteiger partial charge on any atom is 0.264 e. The maximum absolute atomic E-state index is 13.4. The number of hydrogen-bond donors (Lipinski definition) is 1. The molecule has 0 fully saturated rings. The van der Waals surface area contributed by atoms with Gasteiger partial charge in [-0.05, 0) is 48.7 Å². The summed E-state index contributed by atoms with van der Waals surface area (Å²) in [6.45, 7) is 3.88. The summed E-state index contributed by atoms with van der Waals surface area (Å²) < 4.78 is 33.9. The van der Waals surface area contributed by atoms with Gasteiger partial charge in [0.15, 0.2) is 6.10 Å². The molecule has 0 aliphatic carbocycles. The molecule has 0 spiro atoms. The van der Waals surface area contributed by atoms with E-state index in [2.05, 4.69) is 12.2 Å². The summed E-state index contributed by atoms with van der Waals surface area (Å²) >= 11 is 0. The highest BCUT2D eigenvalue weighted by Crippen LogP contribution is 2.36. The zero-order chi connectivity index (χ0) is 22.7. The molecule has 1 aliphatic heterocycles. The lowest BCUT2D eigenvalue weighted by atomic mass is 10.0. The van der Waals surface area contributed by atoms with Gasteiger partial charge in [0, 0.05) is 0 Å². The first kappa shape index (κ1) is 21.9. The van der Waals surface area contributed by atoms with Gasteiger partial charge in [-0.2, -0.15) is 0 Å². The summed E-state index contributed by atoms with van der Waals surface area (Å²) in [5.74, 6) is -0.00168. The van der Waals surface area contributed by atoms with Crippen molar-refractivity contribution in [2.75, 3.05) is 10.8 Å². The van der Waals surface area contributed by atoms with E-state index in [1.54, 1.807) is 54.6 Å². The topological polar surface area (TPSA) is 75.7 Å². The quantitative estimate of drug-likeness (QED) is 0.614. The second-order valence-electron chi connectivity index (χ2n) is 7.75. The number of fused-ring (bicyclic) bond motifs is 1. The number of hydrogen-bond acceptors (Lipinski definition) is 4. The molecule has 3 aromatic rings. The number of aryl methyl sites for hydroxylation is 1. The lowest BCUT2D eigenvalue weighted by molar-refractivity contribution is -0.128. The van der Waals surface area contributed by atoms with E-state index >= 15 is 0 Å². The first-order valence-corrected chi connectivity index (χ1v) is 12.1. The summed E-state index contributed by atoms with van der Waals surface area (Å²) in [5, 5.41) is 2.96. The molecule has 2 atom stereocenters. The van der Waals surface area contributed by atoms with Crippen LogP contribution in [0.1, 0.15) is 31.0 Å². The van der Waals surface area contributed by atoms with Gasteiger partial charge in [0.1, 0.15) is 5.75 Å². The number of rotatable bonds is 6. The Kier molecular flexibility index (Phi) is 6.19. The van der Waals surface area contributed by atoms with Crippen molar-refractivity contribution < 1.29 is 17.9 Å². The monoisotopic (exact) mass is 450 g/mol. The van der Waals surface area contributed by atoms with Crippen molar-refractivity contribution in [1.29, 1.82) is 0 Å². The van der Waals surface area contributed by atoms with Crippen LogP contribution in [0.4, 0.5) is 5.69 Å². The third-order valence-electron chi connectivity index (χ3n) is 5.61. The summed E-state index contributed by atoms with van der Waals surface area (Å²) in [4.78, 5) is 13.2. The van der Waals surface area contributed by atoms with Crippen LogP contribution in [0.2, 0.25) is 0 Å². The van der Waals surface area contributed by atoms with Gasteiger partial charge >= 0.3 is 0 Å². The van der Waals surface area contributed by atoms with Crippen LogP contribution in [0.25, 0.3) is 0 Å². The van der Waals surface area contributed by atoms with Crippen LogP contribution in [0.5, 0.6) is 5.75 Å². The Morgan fingerprint density at radius 1 is 1.03 bits per heavy atom. The lowest BCUT2D eigenvalue weighted by Crippen LogP contribution is -2.51. The largest absolute Gasteiger partial charge is 0.476 e. The number of carbonyl (C=O) groups excluding carboxylic acids is 1. The van der Waals surface area contributed by atoms with E-state index in [4.69, 9.17) is 4.74 Å². The predicted molar refractivity (Wildman–Crippen MR) is 124 cm³/mol. The van der Waals surface area contributed by atoms with E-state index < -0.39 is 16.1 Å². The molecule has 0 aromatic heterocycles. The summed E-state index contributed by atoms with van der Waals surface area (Å²) in [7, 11) is -3.86. The van der Waals surface area contributed by atoms with Gasteiger partial charge in [-0.1, -0.05) is 61.5 Å². The number of nitrogens with one attached hydrogen (secondary N) is 1.